The maximum Gasteiger partial charge on any atom is 0.109 e. The van der Waals surface area contributed by atoms with Gasteiger partial charge in [-0.25, -0.2) is 0 Å². The van der Waals surface area contributed by atoms with Crippen molar-refractivity contribution in [3.05, 3.63) is 16.9 Å². The molecule has 0 radical (unpaired) electrons. The van der Waals surface area contributed by atoms with E-state index in [2.05, 4.69) is 16.5 Å². The van der Waals surface area contributed by atoms with Gasteiger partial charge in [0.15, 0.2) is 0 Å². The van der Waals surface area contributed by atoms with Crippen LogP contribution in [-0.4, -0.2) is 21.4 Å². The van der Waals surface area contributed by atoms with Gasteiger partial charge in [-0.15, -0.1) is 0 Å². The number of aromatic nitrogens is 2. The molecule has 5 heteroatoms. The van der Waals surface area contributed by atoms with Gasteiger partial charge < -0.3 is 0 Å². The molecular weight excluding hydrogens is 260 g/mol. The Hall–Kier alpha value is -1.05. The van der Waals surface area contributed by atoms with Gasteiger partial charge in [0.05, 0.1) is 22.8 Å². The van der Waals surface area contributed by atoms with Gasteiger partial charge in [-0.1, -0.05) is 11.6 Å². The van der Waals surface area contributed by atoms with E-state index >= 15 is 0 Å². The zero-order chi connectivity index (χ0) is 13.5. The molecule has 4 nitrogen and oxygen atoms in total. The van der Waals surface area contributed by atoms with E-state index in [0.29, 0.717) is 11.1 Å². The van der Waals surface area contributed by atoms with Crippen LogP contribution >= 0.6 is 11.6 Å². The minimum Gasteiger partial charge on any atom is -0.297 e. The molecule has 2 saturated carbocycles. The molecule has 0 aromatic carbocycles. The van der Waals surface area contributed by atoms with Crippen LogP contribution in [0.1, 0.15) is 50.3 Å². The highest BCUT2D eigenvalue weighted by molar-refractivity contribution is 6.31. The average Bonchev–Trinajstić information content (AvgIpc) is 3.15. The molecule has 2 aliphatic carbocycles. The summed E-state index contributed by atoms with van der Waals surface area (Å²) in [6.45, 7) is 1.92. The van der Waals surface area contributed by atoms with Crippen LogP contribution < -0.4 is 5.32 Å². The van der Waals surface area contributed by atoms with Crippen molar-refractivity contribution in [2.45, 2.75) is 63.1 Å². The highest BCUT2D eigenvalue weighted by atomic mass is 35.5. The zero-order valence-electron chi connectivity index (χ0n) is 11.2. The van der Waals surface area contributed by atoms with Gasteiger partial charge in [-0.2, -0.15) is 10.4 Å². The predicted molar refractivity (Wildman–Crippen MR) is 74.0 cm³/mol. The molecule has 1 aromatic heterocycles. The van der Waals surface area contributed by atoms with E-state index in [4.69, 9.17) is 11.6 Å². The second-order valence-electron chi connectivity index (χ2n) is 5.91. The van der Waals surface area contributed by atoms with E-state index in [9.17, 15) is 5.26 Å². The summed E-state index contributed by atoms with van der Waals surface area (Å²) in [7, 11) is 0. The molecule has 19 heavy (non-hydrogen) atoms. The van der Waals surface area contributed by atoms with Crippen LogP contribution in [0.3, 0.4) is 0 Å². The Balaban J connectivity index is 1.78. The van der Waals surface area contributed by atoms with Crippen molar-refractivity contribution in [1.29, 1.82) is 5.26 Å². The van der Waals surface area contributed by atoms with Crippen LogP contribution in [0, 0.1) is 18.3 Å². The van der Waals surface area contributed by atoms with E-state index < -0.39 is 0 Å². The molecule has 1 aromatic rings. The molecule has 1 heterocycles. The molecule has 0 spiro atoms. The number of hydrogen-bond donors (Lipinski definition) is 1. The molecule has 2 aliphatic rings. The first-order valence-electron chi connectivity index (χ1n) is 7.02. The lowest BCUT2D eigenvalue weighted by Crippen LogP contribution is -2.49. The number of nitrogens with one attached hydrogen (secondary N) is 1. The first kappa shape index (κ1) is 13.0. The second-order valence-corrected chi connectivity index (χ2v) is 6.31. The first-order valence-corrected chi connectivity index (χ1v) is 7.40. The highest BCUT2D eigenvalue weighted by Gasteiger charge is 2.41. The van der Waals surface area contributed by atoms with Crippen molar-refractivity contribution in [1.82, 2.24) is 15.1 Å². The third-order valence-electron chi connectivity index (χ3n) is 4.23. The highest BCUT2D eigenvalue weighted by Crippen LogP contribution is 2.37. The van der Waals surface area contributed by atoms with Crippen LogP contribution in [0.2, 0.25) is 5.02 Å². The average molecular weight is 279 g/mol. The molecule has 2 unspecified atom stereocenters. The number of hydrogen-bond acceptors (Lipinski definition) is 3. The number of nitrogens with zero attached hydrogens (tertiary/aromatic N) is 3. The Kier molecular flexibility index (Phi) is 3.28. The Morgan fingerprint density at radius 3 is 2.89 bits per heavy atom. The summed E-state index contributed by atoms with van der Waals surface area (Å²) in [6.07, 6.45) is 8.23. The molecule has 0 bridgehead atoms. The largest absolute Gasteiger partial charge is 0.297 e. The van der Waals surface area contributed by atoms with Crippen molar-refractivity contribution in [2.75, 3.05) is 0 Å². The van der Waals surface area contributed by atoms with Gasteiger partial charge in [0.2, 0.25) is 0 Å². The van der Waals surface area contributed by atoms with Crippen molar-refractivity contribution >= 4 is 11.6 Å². The van der Waals surface area contributed by atoms with Crippen LogP contribution in [0.15, 0.2) is 6.20 Å². The Morgan fingerprint density at radius 1 is 1.53 bits per heavy atom. The monoisotopic (exact) mass is 278 g/mol. The van der Waals surface area contributed by atoms with Crippen LogP contribution in [0.25, 0.3) is 0 Å². The Labute approximate surface area is 118 Å². The fourth-order valence-corrected chi connectivity index (χ4v) is 3.14. The Bertz CT molecular complexity index is 495. The molecule has 0 amide bonds. The summed E-state index contributed by atoms with van der Waals surface area (Å²) < 4.78 is 1.96. The maximum atomic E-state index is 9.57. The van der Waals surface area contributed by atoms with E-state index in [-0.39, 0.29) is 11.6 Å². The smallest absolute Gasteiger partial charge is 0.109 e. The summed E-state index contributed by atoms with van der Waals surface area (Å²) in [5.74, 6) is 0. The fourth-order valence-electron chi connectivity index (χ4n) is 3.00. The lowest BCUT2D eigenvalue weighted by atomic mass is 9.80. The molecule has 0 aliphatic heterocycles. The second kappa shape index (κ2) is 4.81. The summed E-state index contributed by atoms with van der Waals surface area (Å²) in [5.41, 5.74) is 0.501. The lowest BCUT2D eigenvalue weighted by molar-refractivity contribution is 0.218. The molecule has 1 N–H and O–H groups in total. The quantitative estimate of drug-likeness (QED) is 0.925. The number of halogens is 1. The van der Waals surface area contributed by atoms with E-state index in [1.165, 1.54) is 12.8 Å². The third kappa shape index (κ3) is 2.63. The Morgan fingerprint density at radius 2 is 2.32 bits per heavy atom. The predicted octanol–water partition coefficient (Wildman–Crippen LogP) is 2.97. The molecule has 3 rings (SSSR count). The summed E-state index contributed by atoms with van der Waals surface area (Å²) in [5, 5.41) is 18.3. The van der Waals surface area contributed by atoms with E-state index in [1.807, 2.05) is 17.8 Å². The molecule has 102 valence electrons. The lowest BCUT2D eigenvalue weighted by Gasteiger charge is -2.36. The van der Waals surface area contributed by atoms with Crippen molar-refractivity contribution in [3.63, 3.8) is 0 Å². The minimum atomic E-state index is -0.365. The van der Waals surface area contributed by atoms with Gasteiger partial charge in [-0.3, -0.25) is 10.00 Å². The topological polar surface area (TPSA) is 53.6 Å². The van der Waals surface area contributed by atoms with E-state index in [1.54, 1.807) is 0 Å². The minimum absolute atomic E-state index is 0.283. The van der Waals surface area contributed by atoms with Gasteiger partial charge in [-0.05, 0) is 39.0 Å². The van der Waals surface area contributed by atoms with Gasteiger partial charge >= 0.3 is 0 Å². The van der Waals surface area contributed by atoms with Crippen LogP contribution in [0.4, 0.5) is 0 Å². The van der Waals surface area contributed by atoms with Gasteiger partial charge in [0.25, 0.3) is 0 Å². The number of nitriles is 1. The number of rotatable bonds is 3. The fraction of sp³-hybridized carbons (Fsp3) is 0.714. The summed E-state index contributed by atoms with van der Waals surface area (Å²) >= 11 is 6.08. The SMILES string of the molecule is Cc1nn(C2CCCC(C#N)(NC3CC3)C2)cc1Cl. The van der Waals surface area contributed by atoms with Crippen molar-refractivity contribution < 1.29 is 0 Å². The standard InChI is InChI=1S/C14H19ClN4/c1-10-13(15)8-19(18-10)12-3-2-6-14(7-12,9-16)17-11-4-5-11/h8,11-12,17H,2-7H2,1H3. The maximum absolute atomic E-state index is 9.57. The third-order valence-corrected chi connectivity index (χ3v) is 4.60. The van der Waals surface area contributed by atoms with Gasteiger partial charge in [0.1, 0.15) is 5.54 Å². The van der Waals surface area contributed by atoms with Crippen molar-refractivity contribution in [3.8, 4) is 6.07 Å². The van der Waals surface area contributed by atoms with E-state index in [0.717, 1.165) is 31.4 Å². The van der Waals surface area contributed by atoms with Crippen LogP contribution in [-0.2, 0) is 0 Å². The van der Waals surface area contributed by atoms with Crippen molar-refractivity contribution in [2.24, 2.45) is 0 Å². The molecular formula is C14H19ClN4. The van der Waals surface area contributed by atoms with Gasteiger partial charge in [0, 0.05) is 18.7 Å². The summed E-state index contributed by atoms with van der Waals surface area (Å²) in [4.78, 5) is 0. The zero-order valence-corrected chi connectivity index (χ0v) is 12.0. The molecule has 0 saturated heterocycles. The normalized spacial score (nSPS) is 31.1. The summed E-state index contributed by atoms with van der Waals surface area (Å²) in [6, 6.07) is 3.36. The molecule has 2 fully saturated rings. The molecule has 2 atom stereocenters. The number of aryl methyl sites for hydroxylation is 1. The first-order chi connectivity index (χ1) is 9.12. The van der Waals surface area contributed by atoms with Crippen LogP contribution in [0.5, 0.6) is 0 Å².